The summed E-state index contributed by atoms with van der Waals surface area (Å²) < 4.78 is 21.2. The first-order valence-corrected chi connectivity index (χ1v) is 9.79. The molecule has 1 N–H and O–H groups in total. The van der Waals surface area contributed by atoms with Crippen LogP contribution in [0.4, 0.5) is 4.39 Å². The van der Waals surface area contributed by atoms with Crippen LogP contribution in [0.2, 0.25) is 0 Å². The Kier molecular flexibility index (Phi) is 5.80. The number of carbonyl (C=O) groups is 1. The molecule has 0 saturated heterocycles. The fourth-order valence-corrected chi connectivity index (χ4v) is 3.19. The Morgan fingerprint density at radius 2 is 1.91 bits per heavy atom. The van der Waals surface area contributed by atoms with Crippen molar-refractivity contribution < 1.29 is 13.6 Å². The van der Waals surface area contributed by atoms with Crippen molar-refractivity contribution in [2.75, 3.05) is 0 Å². The number of hydrogen-bond donors (Lipinski definition) is 1. The molecule has 0 saturated carbocycles. The number of aryl methyl sites for hydroxylation is 1. The van der Waals surface area contributed by atoms with Gasteiger partial charge in [0, 0.05) is 5.56 Å². The summed E-state index contributed by atoms with van der Waals surface area (Å²) in [6, 6.07) is 16.0. The van der Waals surface area contributed by atoms with Gasteiger partial charge in [-0.3, -0.25) is 14.2 Å². The zero-order valence-corrected chi connectivity index (χ0v) is 17.1. The van der Waals surface area contributed by atoms with Crippen LogP contribution in [0.25, 0.3) is 5.69 Å². The molecule has 0 fully saturated rings. The number of amides is 1. The minimum absolute atomic E-state index is 0.0316. The van der Waals surface area contributed by atoms with Crippen molar-refractivity contribution in [3.63, 3.8) is 0 Å². The number of rotatable bonds is 6. The van der Waals surface area contributed by atoms with Crippen LogP contribution in [-0.4, -0.2) is 20.3 Å². The molecule has 8 nitrogen and oxygen atoms in total. The second-order valence-corrected chi connectivity index (χ2v) is 7.13. The molecular formula is C23H19FN4O4. The third-order valence-corrected chi connectivity index (χ3v) is 4.81. The average molecular weight is 434 g/mol. The summed E-state index contributed by atoms with van der Waals surface area (Å²) in [5.41, 5.74) is -0.834. The lowest BCUT2D eigenvalue weighted by atomic mass is 10.2. The Bertz CT molecular complexity index is 1390. The van der Waals surface area contributed by atoms with Gasteiger partial charge < -0.3 is 9.73 Å². The summed E-state index contributed by atoms with van der Waals surface area (Å²) in [6.07, 6.45) is 1.46. The Balaban J connectivity index is 1.82. The van der Waals surface area contributed by atoms with E-state index >= 15 is 0 Å². The predicted molar refractivity (Wildman–Crippen MR) is 114 cm³/mol. The highest BCUT2D eigenvalue weighted by molar-refractivity contribution is 5.91. The molecule has 0 atom stereocenters. The minimum Gasteiger partial charge on any atom is -0.467 e. The van der Waals surface area contributed by atoms with Gasteiger partial charge in [0.1, 0.15) is 11.6 Å². The number of carbonyl (C=O) groups excluding carboxylic acids is 1. The number of aromatic nitrogens is 3. The van der Waals surface area contributed by atoms with Gasteiger partial charge in [-0.25, -0.2) is 9.18 Å². The normalized spacial score (nSPS) is 10.8. The summed E-state index contributed by atoms with van der Waals surface area (Å²) >= 11 is 0. The maximum atomic E-state index is 14.2. The molecule has 2 aromatic heterocycles. The van der Waals surface area contributed by atoms with Crippen LogP contribution in [0, 0.1) is 12.7 Å². The van der Waals surface area contributed by atoms with E-state index in [1.165, 1.54) is 24.5 Å². The van der Waals surface area contributed by atoms with E-state index in [1.807, 2.05) is 13.0 Å². The number of hydrogen-bond acceptors (Lipinski definition) is 5. The van der Waals surface area contributed by atoms with Crippen molar-refractivity contribution in [3.8, 4) is 5.69 Å². The molecule has 2 heterocycles. The number of benzene rings is 2. The molecule has 0 aliphatic rings. The van der Waals surface area contributed by atoms with Gasteiger partial charge >= 0.3 is 5.69 Å². The highest BCUT2D eigenvalue weighted by atomic mass is 19.1. The number of furan rings is 1. The maximum absolute atomic E-state index is 14.2. The van der Waals surface area contributed by atoms with Crippen molar-refractivity contribution in [3.05, 3.63) is 116 Å². The average Bonchev–Trinajstić information content (AvgIpc) is 3.30. The van der Waals surface area contributed by atoms with E-state index in [-0.39, 0.29) is 18.7 Å². The van der Waals surface area contributed by atoms with Crippen molar-refractivity contribution in [2.24, 2.45) is 0 Å². The fourth-order valence-electron chi connectivity index (χ4n) is 3.19. The molecule has 4 rings (SSSR count). The standard InChI is InChI=1S/C23H19FN4O4/c1-15-6-4-8-17(12-15)28-23(31)27(14-16-7-2-3-10-19(16)24)22(30)20(26-28)21(29)25-13-18-9-5-11-32-18/h2-12H,13-14H2,1H3,(H,25,29). The molecule has 0 radical (unpaired) electrons. The molecule has 162 valence electrons. The van der Waals surface area contributed by atoms with E-state index in [0.717, 1.165) is 14.8 Å². The zero-order valence-electron chi connectivity index (χ0n) is 17.1. The third kappa shape index (κ3) is 4.27. The Hall–Kier alpha value is -4.27. The van der Waals surface area contributed by atoms with E-state index < -0.39 is 28.7 Å². The van der Waals surface area contributed by atoms with Crippen LogP contribution in [0.1, 0.15) is 27.4 Å². The van der Waals surface area contributed by atoms with E-state index in [2.05, 4.69) is 10.4 Å². The monoisotopic (exact) mass is 434 g/mol. The molecule has 2 aromatic carbocycles. The first-order chi connectivity index (χ1) is 15.4. The van der Waals surface area contributed by atoms with Gasteiger partial charge in [-0.1, -0.05) is 30.3 Å². The van der Waals surface area contributed by atoms with Crippen LogP contribution >= 0.6 is 0 Å². The maximum Gasteiger partial charge on any atom is 0.352 e. The van der Waals surface area contributed by atoms with E-state index in [1.54, 1.807) is 36.4 Å². The van der Waals surface area contributed by atoms with Crippen LogP contribution in [0.5, 0.6) is 0 Å². The van der Waals surface area contributed by atoms with Gasteiger partial charge in [-0.2, -0.15) is 9.78 Å². The molecule has 9 heteroatoms. The summed E-state index contributed by atoms with van der Waals surface area (Å²) in [5, 5.41) is 6.60. The molecule has 32 heavy (non-hydrogen) atoms. The van der Waals surface area contributed by atoms with Crippen LogP contribution in [0.15, 0.2) is 80.9 Å². The number of nitrogens with one attached hydrogen (secondary N) is 1. The Labute approximate surface area is 181 Å². The first-order valence-electron chi connectivity index (χ1n) is 9.79. The molecule has 1 amide bonds. The van der Waals surface area contributed by atoms with Crippen molar-refractivity contribution >= 4 is 5.91 Å². The summed E-state index contributed by atoms with van der Waals surface area (Å²) in [4.78, 5) is 38.9. The molecule has 0 spiro atoms. The lowest BCUT2D eigenvalue weighted by Gasteiger charge is -2.13. The molecule has 0 unspecified atom stereocenters. The minimum atomic E-state index is -0.917. The smallest absolute Gasteiger partial charge is 0.352 e. The van der Waals surface area contributed by atoms with Gasteiger partial charge in [-0.15, -0.1) is 0 Å². The Morgan fingerprint density at radius 1 is 1.09 bits per heavy atom. The molecular weight excluding hydrogens is 415 g/mol. The molecule has 0 aliphatic carbocycles. The van der Waals surface area contributed by atoms with Gasteiger partial charge in [0.15, 0.2) is 0 Å². The van der Waals surface area contributed by atoms with Crippen molar-refractivity contribution in [2.45, 2.75) is 20.0 Å². The number of nitrogens with zero attached hydrogens (tertiary/aromatic N) is 3. The van der Waals surface area contributed by atoms with E-state index in [4.69, 9.17) is 4.42 Å². The summed E-state index contributed by atoms with van der Waals surface area (Å²) in [5.74, 6) is -0.867. The first kappa shape index (κ1) is 21.0. The topological polar surface area (TPSA) is 99.1 Å². The summed E-state index contributed by atoms with van der Waals surface area (Å²) in [7, 11) is 0. The van der Waals surface area contributed by atoms with Gasteiger partial charge in [-0.05, 0) is 42.8 Å². The van der Waals surface area contributed by atoms with Crippen LogP contribution in [0.3, 0.4) is 0 Å². The second-order valence-electron chi connectivity index (χ2n) is 7.13. The molecule has 4 aromatic rings. The lowest BCUT2D eigenvalue weighted by molar-refractivity contribution is 0.0938. The van der Waals surface area contributed by atoms with Crippen LogP contribution in [-0.2, 0) is 13.1 Å². The lowest BCUT2D eigenvalue weighted by Crippen LogP contribution is -2.46. The SMILES string of the molecule is Cc1cccc(-n2nc(C(=O)NCc3ccco3)c(=O)n(Cc3ccccc3F)c2=O)c1. The van der Waals surface area contributed by atoms with Crippen molar-refractivity contribution in [1.29, 1.82) is 0 Å². The highest BCUT2D eigenvalue weighted by Gasteiger charge is 2.21. The van der Waals surface area contributed by atoms with Crippen molar-refractivity contribution in [1.82, 2.24) is 19.7 Å². The van der Waals surface area contributed by atoms with Gasteiger partial charge in [0.25, 0.3) is 11.5 Å². The Morgan fingerprint density at radius 3 is 2.62 bits per heavy atom. The highest BCUT2D eigenvalue weighted by Crippen LogP contribution is 2.09. The molecule has 0 aliphatic heterocycles. The van der Waals surface area contributed by atoms with Crippen LogP contribution < -0.4 is 16.6 Å². The van der Waals surface area contributed by atoms with Gasteiger partial charge in [0.05, 0.1) is 25.0 Å². The van der Waals surface area contributed by atoms with E-state index in [0.29, 0.717) is 11.4 Å². The van der Waals surface area contributed by atoms with E-state index in [9.17, 15) is 18.8 Å². The predicted octanol–water partition coefficient (Wildman–Crippen LogP) is 2.41. The zero-order chi connectivity index (χ0) is 22.7. The fraction of sp³-hybridized carbons (Fsp3) is 0.130. The third-order valence-electron chi connectivity index (χ3n) is 4.81. The summed E-state index contributed by atoms with van der Waals surface area (Å²) in [6.45, 7) is 1.52. The number of halogens is 1. The second kappa shape index (κ2) is 8.84. The molecule has 0 bridgehead atoms. The largest absolute Gasteiger partial charge is 0.467 e. The quantitative estimate of drug-likeness (QED) is 0.503. The van der Waals surface area contributed by atoms with Gasteiger partial charge in [0.2, 0.25) is 5.69 Å².